The lowest BCUT2D eigenvalue weighted by Gasteiger charge is -2.14. The zero-order chi connectivity index (χ0) is 13.0. The molecule has 0 N–H and O–H groups in total. The molecular formula is C15H13NO2. The highest BCUT2D eigenvalue weighted by atomic mass is 16.2. The number of nitrogens with zero attached hydrogens (tertiary/aromatic N) is 1. The fourth-order valence-electron chi connectivity index (χ4n) is 1.71. The Morgan fingerprint density at radius 1 is 0.944 bits per heavy atom. The molecule has 2 aromatic rings. The van der Waals surface area contributed by atoms with Crippen LogP contribution in [0.2, 0.25) is 0 Å². The molecule has 0 aliphatic heterocycles. The Balaban J connectivity index is 2.26. The minimum Gasteiger partial charge on any atom is -0.309 e. The molecule has 1 amide bonds. The summed E-state index contributed by atoms with van der Waals surface area (Å²) in [5, 5.41) is 0. The summed E-state index contributed by atoms with van der Waals surface area (Å²) in [6.45, 7) is 0. The molecule has 0 aromatic heterocycles. The van der Waals surface area contributed by atoms with Gasteiger partial charge in [-0.1, -0.05) is 42.5 Å². The Morgan fingerprint density at radius 3 is 2.06 bits per heavy atom. The summed E-state index contributed by atoms with van der Waals surface area (Å²) in [6, 6.07) is 17.5. The van der Waals surface area contributed by atoms with Crippen molar-refractivity contribution >= 4 is 17.9 Å². The predicted octanol–water partition coefficient (Wildman–Crippen LogP) is 2.52. The van der Waals surface area contributed by atoms with Crippen LogP contribution in [0.1, 0.15) is 0 Å². The van der Waals surface area contributed by atoms with Crippen molar-refractivity contribution in [1.29, 1.82) is 0 Å². The Labute approximate surface area is 106 Å². The SMILES string of the molecule is CN(C(=O)C=O)c1ccc(-c2ccccc2)cc1. The molecule has 3 nitrogen and oxygen atoms in total. The molecule has 0 saturated heterocycles. The third-order valence-corrected chi connectivity index (χ3v) is 2.79. The van der Waals surface area contributed by atoms with Crippen molar-refractivity contribution in [3.8, 4) is 11.1 Å². The molecule has 0 fully saturated rings. The number of amides is 1. The van der Waals surface area contributed by atoms with Crippen LogP contribution in [0.5, 0.6) is 0 Å². The quantitative estimate of drug-likeness (QED) is 0.609. The van der Waals surface area contributed by atoms with Crippen LogP contribution in [0, 0.1) is 0 Å². The number of benzene rings is 2. The minimum absolute atomic E-state index is 0.311. The Morgan fingerprint density at radius 2 is 1.50 bits per heavy atom. The molecule has 0 radical (unpaired) electrons. The fourth-order valence-corrected chi connectivity index (χ4v) is 1.71. The van der Waals surface area contributed by atoms with Crippen LogP contribution >= 0.6 is 0 Å². The van der Waals surface area contributed by atoms with E-state index >= 15 is 0 Å². The van der Waals surface area contributed by atoms with Crippen LogP contribution in [0.3, 0.4) is 0 Å². The molecule has 2 rings (SSSR count). The lowest BCUT2D eigenvalue weighted by Crippen LogP contribution is -2.26. The van der Waals surface area contributed by atoms with Crippen LogP contribution in [0.25, 0.3) is 11.1 Å². The Bertz CT molecular complexity index is 546. The van der Waals surface area contributed by atoms with Crippen LogP contribution < -0.4 is 4.90 Å². The molecule has 0 bridgehead atoms. The molecule has 0 aliphatic carbocycles. The lowest BCUT2D eigenvalue weighted by atomic mass is 10.1. The van der Waals surface area contributed by atoms with Gasteiger partial charge in [-0.15, -0.1) is 0 Å². The van der Waals surface area contributed by atoms with Crippen LogP contribution in [-0.2, 0) is 9.59 Å². The number of hydrogen-bond acceptors (Lipinski definition) is 2. The number of carbonyl (C=O) groups excluding carboxylic acids is 2. The minimum atomic E-state index is -0.553. The molecule has 0 spiro atoms. The number of carbonyl (C=O) groups is 2. The van der Waals surface area contributed by atoms with Gasteiger partial charge in [-0.05, 0) is 23.3 Å². The van der Waals surface area contributed by atoms with Gasteiger partial charge >= 0.3 is 0 Å². The van der Waals surface area contributed by atoms with Crippen molar-refractivity contribution in [3.63, 3.8) is 0 Å². The zero-order valence-electron chi connectivity index (χ0n) is 10.0. The average Bonchev–Trinajstić information content (AvgIpc) is 2.47. The zero-order valence-corrected chi connectivity index (χ0v) is 10.0. The van der Waals surface area contributed by atoms with Crippen molar-refractivity contribution < 1.29 is 9.59 Å². The maximum atomic E-state index is 11.2. The molecule has 3 heteroatoms. The second-order valence-corrected chi connectivity index (χ2v) is 3.93. The van der Waals surface area contributed by atoms with Crippen molar-refractivity contribution in [2.75, 3.05) is 11.9 Å². The van der Waals surface area contributed by atoms with Gasteiger partial charge in [0, 0.05) is 12.7 Å². The first-order chi connectivity index (χ1) is 8.72. The maximum Gasteiger partial charge on any atom is 0.290 e. The monoisotopic (exact) mass is 239 g/mol. The van der Waals surface area contributed by atoms with Gasteiger partial charge in [-0.2, -0.15) is 0 Å². The van der Waals surface area contributed by atoms with Crippen molar-refractivity contribution in [2.45, 2.75) is 0 Å². The van der Waals surface area contributed by atoms with E-state index in [1.165, 1.54) is 4.90 Å². The smallest absolute Gasteiger partial charge is 0.290 e. The molecule has 2 aromatic carbocycles. The van der Waals surface area contributed by atoms with Gasteiger partial charge < -0.3 is 4.90 Å². The van der Waals surface area contributed by atoms with E-state index in [1.54, 1.807) is 7.05 Å². The third-order valence-electron chi connectivity index (χ3n) is 2.79. The highest BCUT2D eigenvalue weighted by molar-refractivity contribution is 6.30. The summed E-state index contributed by atoms with van der Waals surface area (Å²) in [5.74, 6) is -0.553. The van der Waals surface area contributed by atoms with E-state index in [-0.39, 0.29) is 0 Å². The first-order valence-corrected chi connectivity index (χ1v) is 5.60. The number of hydrogen-bond donors (Lipinski definition) is 0. The van der Waals surface area contributed by atoms with Crippen molar-refractivity contribution in [3.05, 3.63) is 54.6 Å². The van der Waals surface area contributed by atoms with E-state index in [0.29, 0.717) is 12.0 Å². The van der Waals surface area contributed by atoms with Gasteiger partial charge in [0.1, 0.15) is 0 Å². The molecular weight excluding hydrogens is 226 g/mol. The van der Waals surface area contributed by atoms with Crippen LogP contribution in [0.15, 0.2) is 54.6 Å². The van der Waals surface area contributed by atoms with E-state index in [4.69, 9.17) is 0 Å². The lowest BCUT2D eigenvalue weighted by molar-refractivity contribution is -0.129. The predicted molar refractivity (Wildman–Crippen MR) is 71.4 cm³/mol. The summed E-state index contributed by atoms with van der Waals surface area (Å²) in [7, 11) is 1.58. The fraction of sp³-hybridized carbons (Fsp3) is 0.0667. The summed E-state index contributed by atoms with van der Waals surface area (Å²) < 4.78 is 0. The highest BCUT2D eigenvalue weighted by Crippen LogP contribution is 2.22. The van der Waals surface area contributed by atoms with E-state index in [0.717, 1.165) is 11.1 Å². The van der Waals surface area contributed by atoms with Gasteiger partial charge in [0.15, 0.2) is 0 Å². The molecule has 18 heavy (non-hydrogen) atoms. The first kappa shape index (κ1) is 12.0. The van der Waals surface area contributed by atoms with E-state index in [2.05, 4.69) is 0 Å². The largest absolute Gasteiger partial charge is 0.309 e. The third kappa shape index (κ3) is 2.46. The normalized spacial score (nSPS) is 9.83. The average molecular weight is 239 g/mol. The number of aldehydes is 1. The molecule has 0 heterocycles. The van der Waals surface area contributed by atoms with E-state index < -0.39 is 5.91 Å². The standard InChI is InChI=1S/C15H13NO2/c1-16(15(18)11-17)14-9-7-13(8-10-14)12-5-3-2-4-6-12/h2-11H,1H3. The summed E-state index contributed by atoms with van der Waals surface area (Å²) in [6.07, 6.45) is 0.311. The van der Waals surface area contributed by atoms with Gasteiger partial charge in [0.2, 0.25) is 6.29 Å². The first-order valence-electron chi connectivity index (χ1n) is 5.60. The second kappa shape index (κ2) is 5.27. The number of likely N-dealkylation sites (N-methyl/N-ethyl adjacent to an activating group) is 1. The summed E-state index contributed by atoms with van der Waals surface area (Å²) in [5.41, 5.74) is 2.89. The molecule has 0 saturated carbocycles. The number of anilines is 1. The molecule has 0 unspecified atom stereocenters. The van der Waals surface area contributed by atoms with Crippen molar-refractivity contribution in [1.82, 2.24) is 0 Å². The Kier molecular flexibility index (Phi) is 3.53. The topological polar surface area (TPSA) is 37.4 Å². The second-order valence-electron chi connectivity index (χ2n) is 3.93. The molecule has 0 aliphatic rings. The molecule has 90 valence electrons. The number of rotatable bonds is 3. The van der Waals surface area contributed by atoms with Gasteiger partial charge in [0.05, 0.1) is 0 Å². The van der Waals surface area contributed by atoms with E-state index in [1.807, 2.05) is 54.6 Å². The molecule has 0 atom stereocenters. The maximum absolute atomic E-state index is 11.2. The van der Waals surface area contributed by atoms with Gasteiger partial charge in [0.25, 0.3) is 5.91 Å². The van der Waals surface area contributed by atoms with Crippen LogP contribution in [-0.4, -0.2) is 19.2 Å². The summed E-state index contributed by atoms with van der Waals surface area (Å²) >= 11 is 0. The highest BCUT2D eigenvalue weighted by Gasteiger charge is 2.08. The summed E-state index contributed by atoms with van der Waals surface area (Å²) in [4.78, 5) is 23.0. The van der Waals surface area contributed by atoms with Gasteiger partial charge in [-0.25, -0.2) is 0 Å². The van der Waals surface area contributed by atoms with Crippen LogP contribution in [0.4, 0.5) is 5.69 Å². The van der Waals surface area contributed by atoms with Crippen molar-refractivity contribution in [2.24, 2.45) is 0 Å². The Hall–Kier alpha value is -2.42. The van der Waals surface area contributed by atoms with E-state index in [9.17, 15) is 9.59 Å². The van der Waals surface area contributed by atoms with Gasteiger partial charge in [-0.3, -0.25) is 9.59 Å².